The van der Waals surface area contributed by atoms with Crippen molar-refractivity contribution in [2.24, 2.45) is 0 Å². The second-order valence-corrected chi connectivity index (χ2v) is 8.74. The molecule has 0 radical (unpaired) electrons. The van der Waals surface area contributed by atoms with Crippen LogP contribution in [0.15, 0.2) is 45.7 Å². The Morgan fingerprint density at radius 2 is 2.07 bits per heavy atom. The van der Waals surface area contributed by atoms with Crippen molar-refractivity contribution in [1.82, 2.24) is 4.90 Å². The third-order valence-electron chi connectivity index (χ3n) is 4.21. The molecule has 2 aromatic rings. The minimum atomic E-state index is -1.07. The van der Waals surface area contributed by atoms with Gasteiger partial charge in [0, 0.05) is 11.6 Å². The molecule has 1 amide bonds. The fourth-order valence-electron chi connectivity index (χ4n) is 2.76. The Bertz CT molecular complexity index is 955. The van der Waals surface area contributed by atoms with Crippen molar-refractivity contribution in [2.45, 2.75) is 12.5 Å². The van der Waals surface area contributed by atoms with E-state index in [-0.39, 0.29) is 4.32 Å². The van der Waals surface area contributed by atoms with E-state index in [1.807, 2.05) is 6.26 Å². The van der Waals surface area contributed by atoms with Crippen molar-refractivity contribution in [3.63, 3.8) is 0 Å². The van der Waals surface area contributed by atoms with Gasteiger partial charge in [0.25, 0.3) is 5.91 Å². The molecule has 0 spiro atoms. The van der Waals surface area contributed by atoms with E-state index in [0.717, 1.165) is 17.3 Å². The van der Waals surface area contributed by atoms with Gasteiger partial charge in [-0.2, -0.15) is 11.8 Å². The monoisotopic (exact) mass is 450 g/mol. The molecule has 1 fully saturated rings. The fraction of sp³-hybridized carbons (Fsp3) is 0.211. The molecule has 1 atom stereocenters. The number of rotatable bonds is 8. The van der Waals surface area contributed by atoms with E-state index in [9.17, 15) is 14.7 Å². The molecule has 1 aliphatic rings. The first-order chi connectivity index (χ1) is 13.9. The number of nitrogens with one attached hydrogen (secondary N) is 1. The van der Waals surface area contributed by atoms with Gasteiger partial charge in [0.2, 0.25) is 0 Å². The van der Waals surface area contributed by atoms with Crippen LogP contribution in [0, 0.1) is 0 Å². The number of anilines is 1. The Hall–Kier alpha value is -2.27. The number of hydrogen-bond donors (Lipinski definition) is 3. The molecule has 3 N–H and O–H groups in total. The van der Waals surface area contributed by atoms with E-state index in [0.29, 0.717) is 34.3 Å². The van der Waals surface area contributed by atoms with E-state index in [1.54, 1.807) is 42.5 Å². The number of hydrogen-bond acceptors (Lipinski definition) is 8. The Balaban J connectivity index is 1.80. The third-order valence-corrected chi connectivity index (χ3v) is 6.19. The number of carbonyl (C=O) groups is 2. The molecule has 0 aliphatic carbocycles. The second-order valence-electron chi connectivity index (χ2n) is 6.08. The molecular weight excluding hydrogens is 432 g/mol. The van der Waals surface area contributed by atoms with Crippen LogP contribution in [-0.4, -0.2) is 49.5 Å². The van der Waals surface area contributed by atoms with Gasteiger partial charge in [-0.25, -0.2) is 4.79 Å². The molecule has 1 aromatic heterocycles. The molecular formula is C19H18N2O5S3. The summed E-state index contributed by atoms with van der Waals surface area (Å²) in [6, 6.07) is 9.47. The van der Waals surface area contributed by atoms with E-state index < -0.39 is 17.9 Å². The van der Waals surface area contributed by atoms with Crippen molar-refractivity contribution in [3.05, 3.63) is 47.1 Å². The van der Waals surface area contributed by atoms with Gasteiger partial charge >= 0.3 is 5.97 Å². The van der Waals surface area contributed by atoms with Gasteiger partial charge in [0.05, 0.1) is 10.6 Å². The molecule has 1 unspecified atom stereocenters. The number of furan rings is 1. The van der Waals surface area contributed by atoms with E-state index in [4.69, 9.17) is 21.8 Å². The topological polar surface area (TPSA) is 103 Å². The van der Waals surface area contributed by atoms with Crippen molar-refractivity contribution in [3.8, 4) is 11.3 Å². The number of nitrogens with zero attached hydrogens (tertiary/aromatic N) is 1. The zero-order valence-corrected chi connectivity index (χ0v) is 17.8. The predicted octanol–water partition coefficient (Wildman–Crippen LogP) is 4.16. The van der Waals surface area contributed by atoms with Crippen LogP contribution in [0.2, 0.25) is 0 Å². The van der Waals surface area contributed by atoms with Crippen LogP contribution < -0.4 is 5.48 Å². The van der Waals surface area contributed by atoms with E-state index in [2.05, 4.69) is 5.48 Å². The van der Waals surface area contributed by atoms with E-state index in [1.165, 1.54) is 16.7 Å². The minimum absolute atomic E-state index is 0.230. The Morgan fingerprint density at radius 3 is 2.69 bits per heavy atom. The number of carbonyl (C=O) groups excluding carboxylic acids is 1. The van der Waals surface area contributed by atoms with Gasteiger partial charge in [0.1, 0.15) is 21.9 Å². The van der Waals surface area contributed by atoms with Crippen LogP contribution in [0.5, 0.6) is 0 Å². The summed E-state index contributed by atoms with van der Waals surface area (Å²) in [5.74, 6) is 0.169. The minimum Gasteiger partial charge on any atom is -0.480 e. The Labute approximate surface area is 181 Å². The standard InChI is InChI=1S/C19H18N2O5S3/c1-28-9-8-14(18(23)24)21-17(22)16(29-19(21)27)10-13-6-7-15(26-13)11-2-4-12(20-25)5-3-11/h2-7,10,14,20,25H,8-9H2,1H3,(H,23,24)/b16-10+. The first kappa shape index (κ1) is 21.4. The quantitative estimate of drug-likeness (QED) is 0.311. The van der Waals surface area contributed by atoms with Crippen LogP contribution in [-0.2, 0) is 9.59 Å². The number of aliphatic carboxylic acids is 1. The molecule has 0 saturated carbocycles. The highest BCUT2D eigenvalue weighted by atomic mass is 32.2. The summed E-state index contributed by atoms with van der Waals surface area (Å²) in [6.45, 7) is 0. The molecule has 1 aliphatic heterocycles. The normalized spacial score (nSPS) is 16.5. The average Bonchev–Trinajstić information content (AvgIpc) is 3.28. The highest BCUT2D eigenvalue weighted by Gasteiger charge is 2.40. The lowest BCUT2D eigenvalue weighted by Crippen LogP contribution is -2.44. The fourth-order valence-corrected chi connectivity index (χ4v) is 4.56. The maximum absolute atomic E-state index is 12.8. The summed E-state index contributed by atoms with van der Waals surface area (Å²) in [7, 11) is 0. The van der Waals surface area contributed by atoms with Crippen LogP contribution >= 0.6 is 35.7 Å². The number of thiocarbonyl (C=S) groups is 1. The largest absolute Gasteiger partial charge is 0.480 e. The summed E-state index contributed by atoms with van der Waals surface area (Å²) in [5.41, 5.74) is 3.42. The summed E-state index contributed by atoms with van der Waals surface area (Å²) >= 11 is 7.85. The summed E-state index contributed by atoms with van der Waals surface area (Å²) in [5, 5.41) is 18.4. The zero-order valence-electron chi connectivity index (χ0n) is 15.3. The molecule has 7 nitrogen and oxygen atoms in total. The molecule has 2 heterocycles. The van der Waals surface area contributed by atoms with Gasteiger partial charge in [-0.05, 0) is 54.8 Å². The van der Waals surface area contributed by atoms with Gasteiger partial charge in [0.15, 0.2) is 0 Å². The Morgan fingerprint density at radius 1 is 1.34 bits per heavy atom. The van der Waals surface area contributed by atoms with E-state index >= 15 is 0 Å². The smallest absolute Gasteiger partial charge is 0.326 e. The number of benzene rings is 1. The molecule has 10 heteroatoms. The highest BCUT2D eigenvalue weighted by molar-refractivity contribution is 8.26. The van der Waals surface area contributed by atoms with Crippen LogP contribution in [0.4, 0.5) is 5.69 Å². The summed E-state index contributed by atoms with van der Waals surface area (Å²) in [4.78, 5) is 25.9. The number of carboxylic acids is 1. The summed E-state index contributed by atoms with van der Waals surface area (Å²) < 4.78 is 6.02. The molecule has 1 aromatic carbocycles. The predicted molar refractivity (Wildman–Crippen MR) is 119 cm³/mol. The van der Waals surface area contributed by atoms with Gasteiger partial charge < -0.3 is 9.52 Å². The third kappa shape index (κ3) is 4.84. The van der Waals surface area contributed by atoms with Gasteiger partial charge in [-0.15, -0.1) is 0 Å². The number of amides is 1. The second kappa shape index (κ2) is 9.49. The number of carboxylic acid groups (broad SMARTS) is 1. The van der Waals surface area contributed by atoms with Crippen molar-refractivity contribution < 1.29 is 24.3 Å². The Kier molecular flexibility index (Phi) is 7.01. The maximum atomic E-state index is 12.8. The first-order valence-electron chi connectivity index (χ1n) is 8.53. The van der Waals surface area contributed by atoms with Crippen molar-refractivity contribution >= 4 is 63.7 Å². The molecule has 3 rings (SSSR count). The molecule has 152 valence electrons. The van der Waals surface area contributed by atoms with Crippen molar-refractivity contribution in [1.29, 1.82) is 0 Å². The van der Waals surface area contributed by atoms with Crippen LogP contribution in [0.25, 0.3) is 17.4 Å². The SMILES string of the molecule is CSCCC(C(=O)O)N1C(=O)/C(=C\c2ccc(-c3ccc(NO)cc3)o2)SC1=S. The molecule has 29 heavy (non-hydrogen) atoms. The molecule has 0 bridgehead atoms. The lowest BCUT2D eigenvalue weighted by molar-refractivity contribution is -0.145. The lowest BCUT2D eigenvalue weighted by atomic mass is 10.1. The zero-order chi connectivity index (χ0) is 21.0. The van der Waals surface area contributed by atoms with Gasteiger partial charge in [-0.3, -0.25) is 20.4 Å². The lowest BCUT2D eigenvalue weighted by Gasteiger charge is -2.22. The van der Waals surface area contributed by atoms with Crippen LogP contribution in [0.3, 0.4) is 0 Å². The van der Waals surface area contributed by atoms with Crippen LogP contribution in [0.1, 0.15) is 12.2 Å². The summed E-state index contributed by atoms with van der Waals surface area (Å²) in [6.07, 6.45) is 3.77. The molecule has 1 saturated heterocycles. The first-order valence-corrected chi connectivity index (χ1v) is 11.2. The van der Waals surface area contributed by atoms with Gasteiger partial charge in [-0.1, -0.05) is 24.0 Å². The maximum Gasteiger partial charge on any atom is 0.326 e. The number of thioether (sulfide) groups is 2. The average molecular weight is 451 g/mol. The van der Waals surface area contributed by atoms with Crippen molar-refractivity contribution in [2.75, 3.05) is 17.5 Å². The highest BCUT2D eigenvalue weighted by Crippen LogP contribution is 2.35.